The average molecular weight is 511 g/mol. The number of anilines is 1. The van der Waals surface area contributed by atoms with Gasteiger partial charge in [0.05, 0.1) is 18.2 Å². The minimum atomic E-state index is -1.08. The molecule has 1 aliphatic heterocycles. The van der Waals surface area contributed by atoms with Crippen LogP contribution < -0.4 is 5.32 Å². The van der Waals surface area contributed by atoms with Crippen LogP contribution in [0.2, 0.25) is 5.02 Å². The van der Waals surface area contributed by atoms with E-state index in [1.165, 1.54) is 18.4 Å². The molecule has 3 aromatic rings. The fraction of sp³-hybridized carbons (Fsp3) is 0.231. The first kappa shape index (κ1) is 24.6. The summed E-state index contributed by atoms with van der Waals surface area (Å²) in [6.45, 7) is 5.34. The number of halogens is 1. The second-order valence-corrected chi connectivity index (χ2v) is 10.1. The van der Waals surface area contributed by atoms with Gasteiger partial charge in [-0.1, -0.05) is 49.7 Å². The number of imide groups is 1. The lowest BCUT2D eigenvalue weighted by Crippen LogP contribution is -2.50. The van der Waals surface area contributed by atoms with E-state index in [1.807, 2.05) is 13.0 Å². The SMILES string of the molecule is COC(=O)c1c(NC(=O)C(C(C)C)N2C(=O)c3ccccc3C2=O)sc(C)c1-c1cccc(Cl)c1. The van der Waals surface area contributed by atoms with Crippen molar-refractivity contribution in [2.45, 2.75) is 26.8 Å². The molecule has 0 radical (unpaired) electrons. The summed E-state index contributed by atoms with van der Waals surface area (Å²) in [5.41, 5.74) is 2.02. The number of carbonyl (C=O) groups is 4. The van der Waals surface area contributed by atoms with Gasteiger partial charge in [0.15, 0.2) is 0 Å². The molecule has 0 bridgehead atoms. The maximum atomic E-state index is 13.5. The van der Waals surface area contributed by atoms with Crippen molar-refractivity contribution in [1.29, 1.82) is 0 Å². The largest absolute Gasteiger partial charge is 0.465 e. The normalized spacial score (nSPS) is 13.7. The second-order valence-electron chi connectivity index (χ2n) is 8.44. The Morgan fingerprint density at radius 1 is 1.03 bits per heavy atom. The molecule has 0 aliphatic carbocycles. The Bertz CT molecular complexity index is 1330. The molecule has 4 rings (SSSR count). The molecule has 0 fully saturated rings. The van der Waals surface area contributed by atoms with Gasteiger partial charge in [0.2, 0.25) is 5.91 Å². The van der Waals surface area contributed by atoms with Crippen molar-refractivity contribution in [1.82, 2.24) is 4.90 Å². The molecule has 180 valence electrons. The molecule has 1 aliphatic rings. The minimum absolute atomic E-state index is 0.190. The standard InChI is InChI=1S/C26H23ClN2O5S/c1-13(2)21(29-24(31)17-10-5-6-11-18(17)25(29)32)22(30)28-23-20(26(33)34-4)19(14(3)35-23)15-8-7-9-16(27)12-15/h5-13,21H,1-4H3,(H,28,30). The summed E-state index contributed by atoms with van der Waals surface area (Å²) in [5.74, 6) is -2.61. The first-order valence-electron chi connectivity index (χ1n) is 10.9. The van der Waals surface area contributed by atoms with E-state index in [2.05, 4.69) is 5.32 Å². The van der Waals surface area contributed by atoms with Crippen LogP contribution in [-0.2, 0) is 9.53 Å². The fourth-order valence-electron chi connectivity index (χ4n) is 4.29. The van der Waals surface area contributed by atoms with E-state index in [0.29, 0.717) is 16.1 Å². The van der Waals surface area contributed by atoms with Gasteiger partial charge in [-0.3, -0.25) is 19.3 Å². The molecule has 3 amide bonds. The van der Waals surface area contributed by atoms with Crippen LogP contribution in [0.1, 0.15) is 49.8 Å². The van der Waals surface area contributed by atoms with Gasteiger partial charge in [0, 0.05) is 15.5 Å². The minimum Gasteiger partial charge on any atom is -0.465 e. The Hall–Kier alpha value is -3.49. The summed E-state index contributed by atoms with van der Waals surface area (Å²) in [4.78, 5) is 54.2. The number of amides is 3. The van der Waals surface area contributed by atoms with Gasteiger partial charge in [-0.05, 0) is 42.7 Å². The smallest absolute Gasteiger partial charge is 0.341 e. The lowest BCUT2D eigenvalue weighted by Gasteiger charge is -2.28. The van der Waals surface area contributed by atoms with E-state index >= 15 is 0 Å². The van der Waals surface area contributed by atoms with Gasteiger partial charge >= 0.3 is 5.97 Å². The molecular weight excluding hydrogens is 488 g/mol. The summed E-state index contributed by atoms with van der Waals surface area (Å²) in [6.07, 6.45) is 0. The Kier molecular flexibility index (Phi) is 6.78. The number of methoxy groups -OCH3 is 1. The van der Waals surface area contributed by atoms with E-state index in [4.69, 9.17) is 16.3 Å². The molecule has 1 N–H and O–H groups in total. The van der Waals surface area contributed by atoms with E-state index in [0.717, 1.165) is 9.78 Å². The van der Waals surface area contributed by atoms with Crippen LogP contribution >= 0.6 is 22.9 Å². The molecule has 0 spiro atoms. The van der Waals surface area contributed by atoms with Crippen LogP contribution in [0, 0.1) is 12.8 Å². The van der Waals surface area contributed by atoms with Crippen LogP contribution in [0.25, 0.3) is 11.1 Å². The summed E-state index contributed by atoms with van der Waals surface area (Å²) < 4.78 is 5.01. The molecule has 7 nitrogen and oxygen atoms in total. The van der Waals surface area contributed by atoms with Gasteiger partial charge < -0.3 is 10.1 Å². The van der Waals surface area contributed by atoms with Crippen LogP contribution in [0.5, 0.6) is 0 Å². The molecule has 0 saturated heterocycles. The third-order valence-corrected chi connectivity index (χ3v) is 7.08. The topological polar surface area (TPSA) is 92.8 Å². The maximum Gasteiger partial charge on any atom is 0.341 e. The van der Waals surface area contributed by atoms with Crippen molar-refractivity contribution in [2.24, 2.45) is 5.92 Å². The van der Waals surface area contributed by atoms with Crippen molar-refractivity contribution in [3.63, 3.8) is 0 Å². The zero-order valence-electron chi connectivity index (χ0n) is 19.5. The highest BCUT2D eigenvalue weighted by molar-refractivity contribution is 7.17. The second kappa shape index (κ2) is 9.64. The third kappa shape index (κ3) is 4.35. The highest BCUT2D eigenvalue weighted by atomic mass is 35.5. The number of hydrogen-bond acceptors (Lipinski definition) is 6. The fourth-order valence-corrected chi connectivity index (χ4v) is 5.54. The van der Waals surface area contributed by atoms with Crippen molar-refractivity contribution >= 4 is 51.6 Å². The van der Waals surface area contributed by atoms with Crippen molar-refractivity contribution in [3.05, 3.63) is 75.1 Å². The van der Waals surface area contributed by atoms with Gasteiger partial charge in [-0.15, -0.1) is 11.3 Å². The Balaban J connectivity index is 1.73. The van der Waals surface area contributed by atoms with Crippen LogP contribution in [0.3, 0.4) is 0 Å². The number of ether oxygens (including phenoxy) is 1. The molecule has 2 heterocycles. The monoisotopic (exact) mass is 510 g/mol. The summed E-state index contributed by atoms with van der Waals surface area (Å²) >= 11 is 7.38. The Morgan fingerprint density at radius 2 is 1.66 bits per heavy atom. The number of hydrogen-bond donors (Lipinski definition) is 1. The number of benzene rings is 2. The van der Waals surface area contributed by atoms with Crippen molar-refractivity contribution in [2.75, 3.05) is 12.4 Å². The molecule has 2 aromatic carbocycles. The predicted molar refractivity (Wildman–Crippen MR) is 135 cm³/mol. The lowest BCUT2D eigenvalue weighted by atomic mass is 10.00. The predicted octanol–water partition coefficient (Wildman–Crippen LogP) is 5.42. The number of fused-ring (bicyclic) bond motifs is 1. The van der Waals surface area contributed by atoms with E-state index < -0.39 is 29.7 Å². The zero-order valence-corrected chi connectivity index (χ0v) is 21.1. The average Bonchev–Trinajstić information content (AvgIpc) is 3.27. The van der Waals surface area contributed by atoms with Crippen LogP contribution in [0.15, 0.2) is 48.5 Å². The van der Waals surface area contributed by atoms with Gasteiger partial charge in [0.1, 0.15) is 16.6 Å². The van der Waals surface area contributed by atoms with Gasteiger partial charge in [0.25, 0.3) is 11.8 Å². The van der Waals surface area contributed by atoms with Crippen molar-refractivity contribution < 1.29 is 23.9 Å². The van der Waals surface area contributed by atoms with Crippen LogP contribution in [0.4, 0.5) is 5.00 Å². The highest BCUT2D eigenvalue weighted by Crippen LogP contribution is 2.41. The molecule has 0 saturated carbocycles. The molecule has 1 atom stereocenters. The number of carbonyl (C=O) groups excluding carboxylic acids is 4. The molecule has 1 aromatic heterocycles. The first-order chi connectivity index (χ1) is 16.6. The summed E-state index contributed by atoms with van der Waals surface area (Å²) in [6, 6.07) is 12.4. The van der Waals surface area contributed by atoms with Crippen LogP contribution in [-0.4, -0.2) is 41.7 Å². The first-order valence-corrected chi connectivity index (χ1v) is 12.1. The molecule has 1 unspecified atom stereocenters. The number of esters is 1. The van der Waals surface area contributed by atoms with E-state index in [9.17, 15) is 19.2 Å². The summed E-state index contributed by atoms with van der Waals surface area (Å²) in [7, 11) is 1.26. The third-order valence-electron chi connectivity index (χ3n) is 5.83. The van der Waals surface area contributed by atoms with Gasteiger partial charge in [-0.2, -0.15) is 0 Å². The quantitative estimate of drug-likeness (QED) is 0.353. The number of aryl methyl sites for hydroxylation is 1. The number of thiophene rings is 1. The number of nitrogens with one attached hydrogen (secondary N) is 1. The zero-order chi connectivity index (χ0) is 25.4. The molecular formula is C26H23ClN2O5S. The molecule has 35 heavy (non-hydrogen) atoms. The highest BCUT2D eigenvalue weighted by Gasteiger charge is 2.44. The maximum absolute atomic E-state index is 13.5. The number of rotatable bonds is 6. The number of nitrogens with zero attached hydrogens (tertiary/aromatic N) is 1. The van der Waals surface area contributed by atoms with Crippen molar-refractivity contribution in [3.8, 4) is 11.1 Å². The Labute approximate surface area is 211 Å². The summed E-state index contributed by atoms with van der Waals surface area (Å²) in [5, 5.41) is 3.57. The van der Waals surface area contributed by atoms with E-state index in [-0.39, 0.29) is 27.6 Å². The lowest BCUT2D eigenvalue weighted by molar-refractivity contribution is -0.121. The Morgan fingerprint density at radius 3 is 2.20 bits per heavy atom. The van der Waals surface area contributed by atoms with Gasteiger partial charge in [-0.25, -0.2) is 4.79 Å². The van der Waals surface area contributed by atoms with E-state index in [1.54, 1.807) is 56.3 Å². The molecule has 9 heteroatoms.